The van der Waals surface area contributed by atoms with Crippen LogP contribution < -0.4 is 10.6 Å². The van der Waals surface area contributed by atoms with E-state index in [1.165, 1.54) is 12.2 Å². The first kappa shape index (κ1) is 29.5. The Morgan fingerprint density at radius 2 is 1.41 bits per heavy atom. The van der Waals surface area contributed by atoms with Gasteiger partial charge in [0.1, 0.15) is 6.61 Å². The van der Waals surface area contributed by atoms with E-state index >= 15 is 0 Å². The van der Waals surface area contributed by atoms with E-state index in [-0.39, 0.29) is 51.1 Å². The summed E-state index contributed by atoms with van der Waals surface area (Å²) in [6, 6.07) is 4.89. The van der Waals surface area contributed by atoms with Gasteiger partial charge in [-0.05, 0) is 18.1 Å². The highest BCUT2D eigenvalue weighted by atomic mass is 16.5. The standard InChI is InChI=1S/C25H31N3O9/c29-16-20-3-1-19(15-21(20)17-30)2-4-22(31)27-8-10-35-11-12-36-13-14-37-18-23(32)26-7-9-28-24(33)5-6-25(28)34/h1,3,5-6,15-17H,2,4,7-14,18H2,(H,26,32)(H,27,31). The average Bonchev–Trinajstić information content (AvgIpc) is 3.22. The molecule has 1 aromatic rings. The van der Waals surface area contributed by atoms with Crippen molar-refractivity contribution in [1.29, 1.82) is 0 Å². The Morgan fingerprint density at radius 1 is 0.784 bits per heavy atom. The molecular formula is C25H31N3O9. The Kier molecular flexibility index (Phi) is 13.4. The van der Waals surface area contributed by atoms with Crippen molar-refractivity contribution in [3.63, 3.8) is 0 Å². The summed E-state index contributed by atoms with van der Waals surface area (Å²) in [6.45, 7) is 1.89. The number of carbonyl (C=O) groups is 6. The lowest BCUT2D eigenvalue weighted by Gasteiger charge is -2.14. The minimum atomic E-state index is -0.396. The van der Waals surface area contributed by atoms with Gasteiger partial charge < -0.3 is 24.8 Å². The maximum atomic E-state index is 11.9. The van der Waals surface area contributed by atoms with E-state index in [1.807, 2.05) is 0 Å². The van der Waals surface area contributed by atoms with E-state index in [4.69, 9.17) is 14.2 Å². The fourth-order valence-electron chi connectivity index (χ4n) is 3.21. The molecule has 12 heteroatoms. The summed E-state index contributed by atoms with van der Waals surface area (Å²) in [5, 5.41) is 5.30. The minimum Gasteiger partial charge on any atom is -0.377 e. The summed E-state index contributed by atoms with van der Waals surface area (Å²) in [5.74, 6) is -1.30. The van der Waals surface area contributed by atoms with Crippen molar-refractivity contribution in [1.82, 2.24) is 15.5 Å². The summed E-state index contributed by atoms with van der Waals surface area (Å²) in [4.78, 5) is 69.3. The number of aryl methyl sites for hydroxylation is 1. The molecule has 2 rings (SSSR count). The Labute approximate surface area is 214 Å². The molecule has 0 fully saturated rings. The molecule has 0 radical (unpaired) electrons. The molecule has 0 spiro atoms. The lowest BCUT2D eigenvalue weighted by Crippen LogP contribution is -2.39. The number of nitrogens with one attached hydrogen (secondary N) is 2. The van der Waals surface area contributed by atoms with Crippen molar-refractivity contribution in [3.8, 4) is 0 Å². The number of rotatable bonds is 19. The molecule has 37 heavy (non-hydrogen) atoms. The molecule has 4 amide bonds. The van der Waals surface area contributed by atoms with Gasteiger partial charge in [-0.15, -0.1) is 0 Å². The first-order valence-electron chi connectivity index (χ1n) is 11.8. The molecule has 12 nitrogen and oxygen atoms in total. The zero-order valence-electron chi connectivity index (χ0n) is 20.4. The van der Waals surface area contributed by atoms with Gasteiger partial charge in [0.15, 0.2) is 12.6 Å². The number of imide groups is 1. The van der Waals surface area contributed by atoms with Crippen LogP contribution in [0.15, 0.2) is 30.4 Å². The van der Waals surface area contributed by atoms with Crippen LogP contribution in [0.3, 0.4) is 0 Å². The zero-order chi connectivity index (χ0) is 26.9. The summed E-state index contributed by atoms with van der Waals surface area (Å²) >= 11 is 0. The van der Waals surface area contributed by atoms with Gasteiger partial charge in [-0.25, -0.2) is 0 Å². The van der Waals surface area contributed by atoms with E-state index in [0.29, 0.717) is 56.5 Å². The normalized spacial score (nSPS) is 12.6. The summed E-state index contributed by atoms with van der Waals surface area (Å²) in [5.41, 5.74) is 1.43. The fraction of sp³-hybridized carbons (Fsp3) is 0.440. The monoisotopic (exact) mass is 517 g/mol. The van der Waals surface area contributed by atoms with Crippen molar-refractivity contribution < 1.29 is 43.0 Å². The largest absolute Gasteiger partial charge is 0.377 e. The number of ether oxygens (including phenoxy) is 3. The van der Waals surface area contributed by atoms with E-state index in [0.717, 1.165) is 10.5 Å². The predicted octanol–water partition coefficient (Wildman–Crippen LogP) is -0.549. The molecule has 1 heterocycles. The second-order valence-electron chi connectivity index (χ2n) is 7.84. The Hall–Kier alpha value is -3.74. The molecule has 0 atom stereocenters. The van der Waals surface area contributed by atoms with Gasteiger partial charge in [-0.2, -0.15) is 0 Å². The molecule has 1 aliphatic rings. The molecule has 1 aliphatic heterocycles. The molecule has 0 aliphatic carbocycles. The molecular weight excluding hydrogens is 486 g/mol. The molecule has 0 aromatic heterocycles. The van der Waals surface area contributed by atoms with Gasteiger partial charge in [0.25, 0.3) is 11.8 Å². The summed E-state index contributed by atoms with van der Waals surface area (Å²) in [6.07, 6.45) is 4.30. The van der Waals surface area contributed by atoms with Gasteiger partial charge >= 0.3 is 0 Å². The van der Waals surface area contributed by atoms with Gasteiger partial charge in [-0.3, -0.25) is 33.7 Å². The molecule has 2 N–H and O–H groups in total. The summed E-state index contributed by atoms with van der Waals surface area (Å²) < 4.78 is 15.9. The maximum Gasteiger partial charge on any atom is 0.253 e. The first-order valence-corrected chi connectivity index (χ1v) is 11.8. The second kappa shape index (κ2) is 16.8. The van der Waals surface area contributed by atoms with Crippen LogP contribution in [0.4, 0.5) is 0 Å². The van der Waals surface area contributed by atoms with Crippen LogP contribution in [0, 0.1) is 0 Å². The molecule has 0 saturated heterocycles. The van der Waals surface area contributed by atoms with E-state index in [1.54, 1.807) is 18.2 Å². The Balaban J connectivity index is 1.38. The SMILES string of the molecule is O=Cc1ccc(CCC(=O)NCCOCCOCCOCC(=O)NCCN2C(=O)C=CC2=O)cc1C=O. The van der Waals surface area contributed by atoms with Crippen molar-refractivity contribution in [2.75, 3.05) is 59.3 Å². The van der Waals surface area contributed by atoms with Crippen LogP contribution in [-0.4, -0.2) is 100 Å². The highest BCUT2D eigenvalue weighted by Gasteiger charge is 2.22. The fourth-order valence-corrected chi connectivity index (χ4v) is 3.21. The number of aldehydes is 2. The number of amides is 4. The first-order chi connectivity index (χ1) is 17.9. The van der Waals surface area contributed by atoms with Crippen LogP contribution >= 0.6 is 0 Å². The molecule has 0 saturated carbocycles. The minimum absolute atomic E-state index is 0.101. The highest BCUT2D eigenvalue weighted by Crippen LogP contribution is 2.10. The third-order valence-corrected chi connectivity index (χ3v) is 5.15. The lowest BCUT2D eigenvalue weighted by molar-refractivity contribution is -0.137. The van der Waals surface area contributed by atoms with E-state index in [2.05, 4.69) is 10.6 Å². The van der Waals surface area contributed by atoms with E-state index in [9.17, 15) is 28.8 Å². The van der Waals surface area contributed by atoms with Crippen molar-refractivity contribution in [2.45, 2.75) is 12.8 Å². The van der Waals surface area contributed by atoms with Gasteiger partial charge in [-0.1, -0.05) is 12.1 Å². The van der Waals surface area contributed by atoms with Crippen LogP contribution in [0.5, 0.6) is 0 Å². The van der Waals surface area contributed by atoms with Crippen LogP contribution in [0.25, 0.3) is 0 Å². The molecule has 0 unspecified atom stereocenters. The Bertz CT molecular complexity index is 976. The highest BCUT2D eigenvalue weighted by molar-refractivity contribution is 6.12. The smallest absolute Gasteiger partial charge is 0.253 e. The van der Waals surface area contributed by atoms with Crippen molar-refractivity contribution in [3.05, 3.63) is 47.0 Å². The topological polar surface area (TPSA) is 157 Å². The average molecular weight is 518 g/mol. The third kappa shape index (κ3) is 11.2. The lowest BCUT2D eigenvalue weighted by atomic mass is 10.0. The number of benzene rings is 1. The van der Waals surface area contributed by atoms with Crippen LogP contribution in [0.2, 0.25) is 0 Å². The predicted molar refractivity (Wildman–Crippen MR) is 130 cm³/mol. The maximum absolute atomic E-state index is 11.9. The Morgan fingerprint density at radius 3 is 2.08 bits per heavy atom. The van der Waals surface area contributed by atoms with Gasteiger partial charge in [0.2, 0.25) is 11.8 Å². The van der Waals surface area contributed by atoms with Gasteiger partial charge in [0.05, 0.1) is 33.0 Å². The molecule has 0 bridgehead atoms. The zero-order valence-corrected chi connectivity index (χ0v) is 20.4. The van der Waals surface area contributed by atoms with Crippen molar-refractivity contribution >= 4 is 36.2 Å². The quantitative estimate of drug-likeness (QED) is 0.140. The number of hydrogen-bond acceptors (Lipinski definition) is 9. The number of nitrogens with zero attached hydrogens (tertiary/aromatic N) is 1. The number of hydrogen-bond donors (Lipinski definition) is 2. The molecule has 1 aromatic carbocycles. The number of carbonyl (C=O) groups excluding carboxylic acids is 6. The van der Waals surface area contributed by atoms with Crippen LogP contribution in [0.1, 0.15) is 32.7 Å². The second-order valence-corrected chi connectivity index (χ2v) is 7.84. The van der Waals surface area contributed by atoms with Crippen LogP contribution in [-0.2, 0) is 39.8 Å². The van der Waals surface area contributed by atoms with E-state index < -0.39 is 11.8 Å². The third-order valence-electron chi connectivity index (χ3n) is 5.15. The summed E-state index contributed by atoms with van der Waals surface area (Å²) in [7, 11) is 0. The molecule has 200 valence electrons. The van der Waals surface area contributed by atoms with Gasteiger partial charge in [0, 0.05) is 49.3 Å². The van der Waals surface area contributed by atoms with Crippen molar-refractivity contribution in [2.24, 2.45) is 0 Å².